The number of rotatable bonds is 4. The zero-order valence-electron chi connectivity index (χ0n) is 11.7. The van der Waals surface area contributed by atoms with Crippen LogP contribution in [0.5, 0.6) is 0 Å². The number of benzene rings is 1. The van der Waals surface area contributed by atoms with Gasteiger partial charge in [0, 0.05) is 0 Å². The molecule has 0 atom stereocenters. The average Bonchev–Trinajstić information content (AvgIpc) is 2.65. The van der Waals surface area contributed by atoms with Gasteiger partial charge in [0.25, 0.3) is 0 Å². The zero-order valence-corrected chi connectivity index (χ0v) is 12.4. The summed E-state index contributed by atoms with van der Waals surface area (Å²) in [5.74, 6) is 0.0509. The van der Waals surface area contributed by atoms with Crippen molar-refractivity contribution in [1.82, 2.24) is 9.78 Å². The summed E-state index contributed by atoms with van der Waals surface area (Å²) in [6, 6.07) is 4.37. The largest absolute Gasteiger partial charge is 0.298 e. The van der Waals surface area contributed by atoms with Gasteiger partial charge in [-0.25, -0.2) is 9.07 Å². The van der Waals surface area contributed by atoms with Crippen LogP contribution in [-0.2, 0) is 6.42 Å². The molecule has 3 nitrogen and oxygen atoms in total. The Morgan fingerprint density at radius 1 is 1.45 bits per heavy atom. The first-order chi connectivity index (χ1) is 9.43. The third-order valence-corrected chi connectivity index (χ3v) is 3.41. The first kappa shape index (κ1) is 14.7. The highest BCUT2D eigenvalue weighted by Crippen LogP contribution is 2.26. The number of aromatic nitrogens is 2. The minimum absolute atomic E-state index is 0.269. The molecule has 0 fully saturated rings. The quantitative estimate of drug-likeness (QED) is 0.799. The predicted molar refractivity (Wildman–Crippen MR) is 77.2 cm³/mol. The van der Waals surface area contributed by atoms with E-state index >= 15 is 0 Å². The fourth-order valence-electron chi connectivity index (χ4n) is 2.12. The number of halogens is 2. The zero-order chi connectivity index (χ0) is 14.9. The maximum absolute atomic E-state index is 13.2. The molecule has 1 heterocycles. The molecule has 0 unspecified atom stereocenters. The molecule has 0 radical (unpaired) electrons. The highest BCUT2D eigenvalue weighted by Gasteiger charge is 2.18. The van der Waals surface area contributed by atoms with Crippen molar-refractivity contribution in [2.24, 2.45) is 5.92 Å². The van der Waals surface area contributed by atoms with E-state index in [1.54, 1.807) is 13.0 Å². The van der Waals surface area contributed by atoms with Gasteiger partial charge in [0.05, 0.1) is 16.9 Å². The maximum atomic E-state index is 13.2. The van der Waals surface area contributed by atoms with Gasteiger partial charge >= 0.3 is 0 Å². The van der Waals surface area contributed by atoms with Crippen molar-refractivity contribution >= 4 is 17.9 Å². The van der Waals surface area contributed by atoms with E-state index in [0.717, 1.165) is 6.29 Å². The van der Waals surface area contributed by atoms with E-state index in [1.807, 2.05) is 13.8 Å². The molecule has 20 heavy (non-hydrogen) atoms. The Balaban J connectivity index is 2.57. The lowest BCUT2D eigenvalue weighted by Gasteiger charge is -2.07. The van der Waals surface area contributed by atoms with Gasteiger partial charge in [-0.3, -0.25) is 4.79 Å². The normalized spacial score (nSPS) is 11.1. The van der Waals surface area contributed by atoms with E-state index in [-0.39, 0.29) is 11.0 Å². The van der Waals surface area contributed by atoms with Crippen LogP contribution in [-0.4, -0.2) is 16.1 Å². The second kappa shape index (κ2) is 5.75. The molecule has 0 aliphatic heterocycles. The Hall–Kier alpha value is -1.68. The number of nitrogens with zero attached hydrogens (tertiary/aromatic N) is 2. The van der Waals surface area contributed by atoms with E-state index in [9.17, 15) is 9.18 Å². The van der Waals surface area contributed by atoms with Crippen molar-refractivity contribution in [1.29, 1.82) is 0 Å². The Bertz CT molecular complexity index is 650. The molecular formula is C15H16ClFN2O. The maximum Gasteiger partial charge on any atom is 0.155 e. The fraction of sp³-hybridized carbons (Fsp3) is 0.333. The molecule has 2 aromatic rings. The molecule has 0 aliphatic rings. The molecule has 0 amide bonds. The smallest absolute Gasteiger partial charge is 0.155 e. The summed E-state index contributed by atoms with van der Waals surface area (Å²) in [4.78, 5) is 11.2. The molecule has 2 rings (SSSR count). The molecule has 1 aromatic carbocycles. The molecule has 1 aromatic heterocycles. The van der Waals surface area contributed by atoms with Gasteiger partial charge in [-0.15, -0.1) is 0 Å². The Labute approximate surface area is 122 Å². The minimum atomic E-state index is -0.312. The summed E-state index contributed by atoms with van der Waals surface area (Å²) in [6.07, 6.45) is 1.39. The van der Waals surface area contributed by atoms with Gasteiger partial charge < -0.3 is 0 Å². The second-order valence-electron chi connectivity index (χ2n) is 5.21. The van der Waals surface area contributed by atoms with Gasteiger partial charge in [-0.1, -0.05) is 25.4 Å². The second-order valence-corrected chi connectivity index (χ2v) is 5.57. The number of hydrogen-bond acceptors (Lipinski definition) is 2. The number of aryl methyl sites for hydroxylation is 1. The summed E-state index contributed by atoms with van der Waals surface area (Å²) in [5, 5.41) is 4.68. The Kier molecular flexibility index (Phi) is 4.23. The van der Waals surface area contributed by atoms with Crippen molar-refractivity contribution in [3.63, 3.8) is 0 Å². The van der Waals surface area contributed by atoms with Gasteiger partial charge in [-0.2, -0.15) is 5.10 Å². The van der Waals surface area contributed by atoms with Crippen LogP contribution in [0.4, 0.5) is 4.39 Å². The number of carbonyl (C=O) groups excluding carboxylic acids is 1. The first-order valence-electron chi connectivity index (χ1n) is 6.43. The van der Waals surface area contributed by atoms with Gasteiger partial charge in [0.2, 0.25) is 0 Å². The summed E-state index contributed by atoms with van der Waals surface area (Å²) in [5.41, 5.74) is 2.46. The van der Waals surface area contributed by atoms with Gasteiger partial charge in [0.1, 0.15) is 11.0 Å². The SMILES string of the molecule is Cc1cc(F)ccc1-n1nc(CC(C)C)c(C=O)c1Cl. The summed E-state index contributed by atoms with van der Waals surface area (Å²) in [6.45, 7) is 5.87. The number of carbonyl (C=O) groups is 1. The molecule has 106 valence electrons. The third kappa shape index (κ3) is 2.75. The van der Waals surface area contributed by atoms with Crippen LogP contribution in [0.25, 0.3) is 5.69 Å². The molecular weight excluding hydrogens is 279 g/mol. The molecule has 5 heteroatoms. The Morgan fingerprint density at radius 3 is 2.70 bits per heavy atom. The van der Waals surface area contributed by atoms with E-state index in [4.69, 9.17) is 11.6 Å². The lowest BCUT2D eigenvalue weighted by Crippen LogP contribution is -2.02. The molecule has 0 bridgehead atoms. The standard InChI is InChI=1S/C15H16ClFN2O/c1-9(2)6-13-12(8-20)15(16)19(18-13)14-5-4-11(17)7-10(14)3/h4-5,7-9H,6H2,1-3H3. The Morgan fingerprint density at radius 2 is 2.15 bits per heavy atom. The van der Waals surface area contributed by atoms with E-state index < -0.39 is 0 Å². The number of hydrogen-bond donors (Lipinski definition) is 0. The lowest BCUT2D eigenvalue weighted by molar-refractivity contribution is 0.112. The van der Waals surface area contributed by atoms with E-state index in [0.29, 0.717) is 34.8 Å². The van der Waals surface area contributed by atoms with Crippen molar-refractivity contribution in [3.8, 4) is 5.69 Å². The monoisotopic (exact) mass is 294 g/mol. The average molecular weight is 295 g/mol. The predicted octanol–water partition coefficient (Wildman–Crippen LogP) is 3.98. The third-order valence-electron chi connectivity index (χ3n) is 3.05. The molecule has 0 spiro atoms. The molecule has 0 N–H and O–H groups in total. The fourth-order valence-corrected chi connectivity index (χ4v) is 2.40. The lowest BCUT2D eigenvalue weighted by atomic mass is 10.1. The highest BCUT2D eigenvalue weighted by atomic mass is 35.5. The van der Waals surface area contributed by atoms with Gasteiger partial charge in [-0.05, 0) is 43.0 Å². The number of aldehydes is 1. The van der Waals surface area contributed by atoms with Crippen molar-refractivity contribution < 1.29 is 9.18 Å². The van der Waals surface area contributed by atoms with Crippen LogP contribution in [0.15, 0.2) is 18.2 Å². The van der Waals surface area contributed by atoms with Gasteiger partial charge in [0.15, 0.2) is 6.29 Å². The van der Waals surface area contributed by atoms with Crippen LogP contribution in [0.3, 0.4) is 0 Å². The van der Waals surface area contributed by atoms with E-state index in [1.165, 1.54) is 16.8 Å². The molecule has 0 aliphatic carbocycles. The van der Waals surface area contributed by atoms with Crippen molar-refractivity contribution in [2.75, 3.05) is 0 Å². The van der Waals surface area contributed by atoms with Crippen LogP contribution in [0.2, 0.25) is 5.15 Å². The minimum Gasteiger partial charge on any atom is -0.298 e. The van der Waals surface area contributed by atoms with Crippen LogP contribution in [0, 0.1) is 18.7 Å². The first-order valence-corrected chi connectivity index (χ1v) is 6.81. The van der Waals surface area contributed by atoms with Crippen LogP contribution < -0.4 is 0 Å². The van der Waals surface area contributed by atoms with Crippen LogP contribution in [0.1, 0.15) is 35.5 Å². The van der Waals surface area contributed by atoms with E-state index in [2.05, 4.69) is 5.10 Å². The van der Waals surface area contributed by atoms with Crippen molar-refractivity contribution in [2.45, 2.75) is 27.2 Å². The summed E-state index contributed by atoms with van der Waals surface area (Å²) >= 11 is 6.23. The topological polar surface area (TPSA) is 34.9 Å². The molecule has 0 saturated heterocycles. The van der Waals surface area contributed by atoms with Crippen LogP contribution >= 0.6 is 11.6 Å². The summed E-state index contributed by atoms with van der Waals surface area (Å²) in [7, 11) is 0. The molecule has 0 saturated carbocycles. The summed E-state index contributed by atoms with van der Waals surface area (Å²) < 4.78 is 14.7. The van der Waals surface area contributed by atoms with Crippen molar-refractivity contribution in [3.05, 3.63) is 46.0 Å². The highest BCUT2D eigenvalue weighted by molar-refractivity contribution is 6.32.